The summed E-state index contributed by atoms with van der Waals surface area (Å²) in [6.07, 6.45) is 0. The molecule has 1 saturated heterocycles. The fraction of sp³-hybridized carbons (Fsp3) is 0.273. The molecule has 2 aromatic carbocycles. The topological polar surface area (TPSA) is 88.7 Å². The number of rotatable bonds is 4. The van der Waals surface area contributed by atoms with Crippen LogP contribution in [0.1, 0.15) is 16.1 Å². The van der Waals surface area contributed by atoms with Gasteiger partial charge in [-0.1, -0.05) is 18.2 Å². The second-order valence-electron chi connectivity index (χ2n) is 7.42. The highest BCUT2D eigenvalue weighted by molar-refractivity contribution is 6.45. The molecule has 0 unspecified atom stereocenters. The quantitative estimate of drug-likeness (QED) is 0.288. The van der Waals surface area contributed by atoms with Gasteiger partial charge in [0.2, 0.25) is 0 Å². The second-order valence-corrected chi connectivity index (χ2v) is 7.42. The third-order valence-corrected chi connectivity index (χ3v) is 5.81. The number of non-ortho nitro benzene ring substituents is 1. The lowest BCUT2D eigenvalue weighted by Crippen LogP contribution is -2.50. The van der Waals surface area contributed by atoms with Gasteiger partial charge in [-0.05, 0) is 25.1 Å². The Morgan fingerprint density at radius 2 is 1.60 bits per heavy atom. The van der Waals surface area contributed by atoms with Crippen molar-refractivity contribution in [1.29, 1.82) is 0 Å². The minimum absolute atomic E-state index is 0.0450. The summed E-state index contributed by atoms with van der Waals surface area (Å²) in [5, 5.41) is 11.6. The average molecular weight is 406 g/mol. The van der Waals surface area contributed by atoms with Crippen molar-refractivity contribution >= 4 is 34.0 Å². The molecule has 0 N–H and O–H groups in total. The number of aryl methyl sites for hydroxylation is 1. The molecule has 1 aliphatic heterocycles. The lowest BCUT2D eigenvalue weighted by atomic mass is 10.1. The minimum atomic E-state index is -0.488. The van der Waals surface area contributed by atoms with Crippen molar-refractivity contribution < 1.29 is 14.5 Å². The molecule has 154 valence electrons. The highest BCUT2D eigenvalue weighted by atomic mass is 16.6. The Kier molecular flexibility index (Phi) is 4.99. The number of nitro groups is 1. The molecule has 1 fully saturated rings. The molecule has 3 aromatic rings. The first-order valence-electron chi connectivity index (χ1n) is 9.75. The predicted molar refractivity (Wildman–Crippen MR) is 114 cm³/mol. The van der Waals surface area contributed by atoms with Crippen LogP contribution in [0.15, 0.2) is 48.5 Å². The van der Waals surface area contributed by atoms with E-state index in [9.17, 15) is 19.7 Å². The van der Waals surface area contributed by atoms with E-state index in [0.29, 0.717) is 31.7 Å². The van der Waals surface area contributed by atoms with E-state index < -0.39 is 16.6 Å². The lowest BCUT2D eigenvalue weighted by molar-refractivity contribution is -0.384. The monoisotopic (exact) mass is 406 g/mol. The Hall–Kier alpha value is -3.68. The molecule has 0 aliphatic carbocycles. The van der Waals surface area contributed by atoms with Crippen molar-refractivity contribution in [2.24, 2.45) is 7.05 Å². The number of ketones is 1. The highest BCUT2D eigenvalue weighted by Gasteiger charge is 2.30. The van der Waals surface area contributed by atoms with E-state index >= 15 is 0 Å². The smallest absolute Gasteiger partial charge is 0.295 e. The number of carbonyl (C=O) groups is 2. The molecule has 4 rings (SSSR count). The number of anilines is 1. The maximum atomic E-state index is 13.1. The molecule has 0 bridgehead atoms. The summed E-state index contributed by atoms with van der Waals surface area (Å²) in [5.74, 6) is -0.967. The van der Waals surface area contributed by atoms with Gasteiger partial charge in [-0.15, -0.1) is 0 Å². The Labute approximate surface area is 173 Å². The fourth-order valence-electron chi connectivity index (χ4n) is 4.01. The summed E-state index contributed by atoms with van der Waals surface area (Å²) >= 11 is 0. The van der Waals surface area contributed by atoms with Crippen molar-refractivity contribution in [2.75, 3.05) is 31.1 Å². The number of amides is 1. The SMILES string of the molecule is Cc1c(C(=O)C(=O)N2CCN(c3ccc([N+](=O)[O-])cc3)CC2)c2ccccc2n1C. The van der Waals surface area contributed by atoms with Gasteiger partial charge >= 0.3 is 0 Å². The Morgan fingerprint density at radius 3 is 2.23 bits per heavy atom. The molecule has 2 heterocycles. The Balaban J connectivity index is 1.48. The largest absolute Gasteiger partial charge is 0.368 e. The van der Waals surface area contributed by atoms with Gasteiger partial charge in [0.1, 0.15) is 0 Å². The van der Waals surface area contributed by atoms with Crippen molar-refractivity contribution in [1.82, 2.24) is 9.47 Å². The molecule has 1 aromatic heterocycles. The van der Waals surface area contributed by atoms with Crippen molar-refractivity contribution in [3.63, 3.8) is 0 Å². The van der Waals surface area contributed by atoms with Crippen LogP contribution in [0.25, 0.3) is 10.9 Å². The number of piperazine rings is 1. The number of hydrogen-bond acceptors (Lipinski definition) is 5. The maximum Gasteiger partial charge on any atom is 0.295 e. The third kappa shape index (κ3) is 3.30. The molecule has 0 radical (unpaired) electrons. The first-order chi connectivity index (χ1) is 14.4. The van der Waals surface area contributed by atoms with Crippen molar-refractivity contribution in [3.05, 3.63) is 69.9 Å². The van der Waals surface area contributed by atoms with Gasteiger partial charge < -0.3 is 14.4 Å². The van der Waals surface area contributed by atoms with Crippen LogP contribution in [0, 0.1) is 17.0 Å². The second kappa shape index (κ2) is 7.62. The molecule has 30 heavy (non-hydrogen) atoms. The summed E-state index contributed by atoms with van der Waals surface area (Å²) in [4.78, 5) is 40.0. The summed E-state index contributed by atoms with van der Waals surface area (Å²) in [7, 11) is 1.89. The van der Waals surface area contributed by atoms with Gasteiger partial charge in [0.05, 0.1) is 10.5 Å². The first kappa shape index (κ1) is 19.6. The predicted octanol–water partition coefficient (Wildman–Crippen LogP) is 2.93. The molecule has 0 spiro atoms. The van der Waals surface area contributed by atoms with E-state index in [1.807, 2.05) is 42.8 Å². The van der Waals surface area contributed by atoms with Crippen molar-refractivity contribution in [2.45, 2.75) is 6.92 Å². The van der Waals surface area contributed by atoms with Crippen LogP contribution in [-0.4, -0.2) is 52.3 Å². The van der Waals surface area contributed by atoms with E-state index in [4.69, 9.17) is 0 Å². The van der Waals surface area contributed by atoms with Crippen LogP contribution in [0.3, 0.4) is 0 Å². The molecule has 1 amide bonds. The van der Waals surface area contributed by atoms with Gasteiger partial charge in [-0.3, -0.25) is 19.7 Å². The lowest BCUT2D eigenvalue weighted by Gasteiger charge is -2.35. The van der Waals surface area contributed by atoms with E-state index in [-0.39, 0.29) is 5.69 Å². The summed E-state index contributed by atoms with van der Waals surface area (Å²) in [6.45, 7) is 3.82. The van der Waals surface area contributed by atoms with Crippen LogP contribution in [-0.2, 0) is 11.8 Å². The van der Waals surface area contributed by atoms with Crippen LogP contribution in [0.5, 0.6) is 0 Å². The van der Waals surface area contributed by atoms with Gasteiger partial charge in [0.15, 0.2) is 0 Å². The molecule has 1 aliphatic rings. The van der Waals surface area contributed by atoms with Crippen molar-refractivity contribution in [3.8, 4) is 0 Å². The summed E-state index contributed by atoms with van der Waals surface area (Å²) < 4.78 is 1.93. The fourth-order valence-corrected chi connectivity index (χ4v) is 4.01. The zero-order valence-electron chi connectivity index (χ0n) is 16.9. The zero-order valence-corrected chi connectivity index (χ0v) is 16.9. The van der Waals surface area contributed by atoms with E-state index in [1.54, 1.807) is 17.0 Å². The highest BCUT2D eigenvalue weighted by Crippen LogP contribution is 2.26. The molecule has 8 heteroatoms. The van der Waals surface area contributed by atoms with E-state index in [0.717, 1.165) is 22.3 Å². The number of para-hydroxylation sites is 1. The number of fused-ring (bicyclic) bond motifs is 1. The normalized spacial score (nSPS) is 14.2. The molecular weight excluding hydrogens is 384 g/mol. The molecule has 8 nitrogen and oxygen atoms in total. The number of benzene rings is 2. The summed E-state index contributed by atoms with van der Waals surface area (Å²) in [5.41, 5.74) is 3.08. The molecule has 0 saturated carbocycles. The van der Waals surface area contributed by atoms with Gasteiger partial charge in [-0.2, -0.15) is 0 Å². The number of nitro benzene ring substituents is 1. The van der Waals surface area contributed by atoms with Crippen LogP contribution >= 0.6 is 0 Å². The van der Waals surface area contributed by atoms with Gasteiger partial charge in [0, 0.05) is 67.6 Å². The number of carbonyl (C=O) groups excluding carboxylic acids is 2. The number of Topliss-reactive ketones (excluding diaryl/α,β-unsaturated/α-hetero) is 1. The van der Waals surface area contributed by atoms with Gasteiger partial charge in [0.25, 0.3) is 17.4 Å². The van der Waals surface area contributed by atoms with Crippen LogP contribution < -0.4 is 4.90 Å². The van der Waals surface area contributed by atoms with E-state index in [2.05, 4.69) is 4.90 Å². The van der Waals surface area contributed by atoms with E-state index in [1.165, 1.54) is 12.1 Å². The summed E-state index contributed by atoms with van der Waals surface area (Å²) in [6, 6.07) is 13.9. The standard InChI is InChI=1S/C22H22N4O4/c1-15-20(18-5-3-4-6-19(18)23(15)2)21(27)22(28)25-13-11-24(12-14-25)16-7-9-17(10-8-16)26(29)30/h3-10H,11-14H2,1-2H3. The molecular formula is C22H22N4O4. The number of hydrogen-bond donors (Lipinski definition) is 0. The Morgan fingerprint density at radius 1 is 0.967 bits per heavy atom. The Bertz CT molecular complexity index is 1140. The minimum Gasteiger partial charge on any atom is -0.368 e. The number of aromatic nitrogens is 1. The average Bonchev–Trinajstić information content (AvgIpc) is 3.03. The maximum absolute atomic E-state index is 13.1. The van der Waals surface area contributed by atoms with Crippen LogP contribution in [0.2, 0.25) is 0 Å². The zero-order chi connectivity index (χ0) is 21.4. The van der Waals surface area contributed by atoms with Crippen LogP contribution in [0.4, 0.5) is 11.4 Å². The first-order valence-corrected chi connectivity index (χ1v) is 9.75. The number of nitrogens with zero attached hydrogens (tertiary/aromatic N) is 4. The van der Waals surface area contributed by atoms with Gasteiger partial charge in [-0.25, -0.2) is 0 Å². The third-order valence-electron chi connectivity index (χ3n) is 5.81. The molecule has 0 atom stereocenters.